The van der Waals surface area contributed by atoms with Crippen LogP contribution >= 0.6 is 0 Å². The molecular weight excluding hydrogens is 691 g/mol. The molecule has 0 aromatic rings. The third-order valence-corrected chi connectivity index (χ3v) is 10.7. The van der Waals surface area contributed by atoms with Gasteiger partial charge >= 0.3 is 17.9 Å². The summed E-state index contributed by atoms with van der Waals surface area (Å²) in [5, 5.41) is 9.62. The standard InChI is InChI=1S/C47H89NO7/c1-6-8-10-12-14-16-18-20-21-22-23-24-26-28-30-32-34-36-38-46(50)55-43(41-53-40-39-44(47(51)52)48(3,4)5)42-54-45(49)37-35-33-31-29-27-25-19-17-15-13-11-9-7-2/h23-24,43-44H,6-22,25-42H2,1-5H3/p+1/b24-23+. The van der Waals surface area contributed by atoms with Gasteiger partial charge in [-0.25, -0.2) is 4.79 Å². The molecule has 8 heteroatoms. The van der Waals surface area contributed by atoms with Crippen molar-refractivity contribution < 1.29 is 38.2 Å². The molecule has 0 fully saturated rings. The SMILES string of the molecule is CCCCCCCCCCC/C=C/CCCCCCCC(=O)OC(COCCC(C(=O)O)[N+](C)(C)C)COC(=O)CCCCCCCCCCCCCCC. The lowest BCUT2D eigenvalue weighted by Gasteiger charge is -2.31. The van der Waals surface area contributed by atoms with E-state index in [9.17, 15) is 19.5 Å². The molecule has 0 heterocycles. The van der Waals surface area contributed by atoms with Crippen molar-refractivity contribution in [3.8, 4) is 0 Å². The number of likely N-dealkylation sites (N-methyl/N-ethyl adjacent to an activating group) is 1. The van der Waals surface area contributed by atoms with Gasteiger partial charge in [-0.1, -0.05) is 174 Å². The third-order valence-electron chi connectivity index (χ3n) is 10.7. The van der Waals surface area contributed by atoms with E-state index in [1.54, 1.807) is 0 Å². The van der Waals surface area contributed by atoms with Crippen molar-refractivity contribution in [2.24, 2.45) is 0 Å². The highest BCUT2D eigenvalue weighted by atomic mass is 16.6. The van der Waals surface area contributed by atoms with Crippen molar-refractivity contribution in [1.82, 2.24) is 0 Å². The first-order valence-electron chi connectivity index (χ1n) is 23.2. The Labute approximate surface area is 339 Å². The summed E-state index contributed by atoms with van der Waals surface area (Å²) >= 11 is 0. The Kier molecular flexibility index (Phi) is 37.6. The van der Waals surface area contributed by atoms with Crippen molar-refractivity contribution in [3.63, 3.8) is 0 Å². The molecule has 1 N–H and O–H groups in total. The normalized spacial score (nSPS) is 13.0. The molecule has 0 bridgehead atoms. The van der Waals surface area contributed by atoms with E-state index in [1.165, 1.54) is 135 Å². The second-order valence-electron chi connectivity index (χ2n) is 17.0. The lowest BCUT2D eigenvalue weighted by atomic mass is 10.0. The highest BCUT2D eigenvalue weighted by Gasteiger charge is 2.31. The van der Waals surface area contributed by atoms with E-state index in [1.807, 2.05) is 21.1 Å². The summed E-state index contributed by atoms with van der Waals surface area (Å²) in [6.45, 7) is 4.75. The van der Waals surface area contributed by atoms with E-state index >= 15 is 0 Å². The first kappa shape index (κ1) is 53.1. The van der Waals surface area contributed by atoms with Crippen molar-refractivity contribution in [2.45, 2.75) is 231 Å². The van der Waals surface area contributed by atoms with Crippen LogP contribution in [0.15, 0.2) is 12.2 Å². The number of carbonyl (C=O) groups is 3. The summed E-state index contributed by atoms with van der Waals surface area (Å²) in [6, 6.07) is -0.611. The number of nitrogens with zero attached hydrogens (tertiary/aromatic N) is 1. The zero-order chi connectivity index (χ0) is 40.7. The summed E-state index contributed by atoms with van der Waals surface area (Å²) in [4.78, 5) is 37.0. The van der Waals surface area contributed by atoms with Crippen molar-refractivity contribution in [2.75, 3.05) is 41.0 Å². The molecule has 0 aliphatic rings. The fraction of sp³-hybridized carbons (Fsp3) is 0.894. The second-order valence-corrected chi connectivity index (χ2v) is 17.0. The zero-order valence-electron chi connectivity index (χ0n) is 36.9. The number of quaternary nitrogens is 1. The fourth-order valence-corrected chi connectivity index (χ4v) is 7.03. The third kappa shape index (κ3) is 37.4. The van der Waals surface area contributed by atoms with Crippen LogP contribution in [0.2, 0.25) is 0 Å². The van der Waals surface area contributed by atoms with E-state index in [2.05, 4.69) is 26.0 Å². The van der Waals surface area contributed by atoms with E-state index in [0.29, 0.717) is 19.3 Å². The predicted octanol–water partition coefficient (Wildman–Crippen LogP) is 12.7. The molecule has 0 aromatic carbocycles. The molecule has 0 saturated carbocycles. The lowest BCUT2D eigenvalue weighted by Crippen LogP contribution is -2.50. The maximum atomic E-state index is 12.7. The first-order chi connectivity index (χ1) is 26.6. The number of carbonyl (C=O) groups excluding carboxylic acids is 2. The van der Waals surface area contributed by atoms with Crippen LogP contribution in [0.25, 0.3) is 0 Å². The first-order valence-corrected chi connectivity index (χ1v) is 23.2. The highest BCUT2D eigenvalue weighted by molar-refractivity contribution is 5.72. The fourth-order valence-electron chi connectivity index (χ4n) is 7.03. The highest BCUT2D eigenvalue weighted by Crippen LogP contribution is 2.15. The minimum Gasteiger partial charge on any atom is -0.477 e. The summed E-state index contributed by atoms with van der Waals surface area (Å²) < 4.78 is 17.3. The number of carboxylic acid groups (broad SMARTS) is 1. The topological polar surface area (TPSA) is 99.1 Å². The number of hydrogen-bond donors (Lipinski definition) is 1. The molecular formula is C47H90NO7+. The van der Waals surface area contributed by atoms with Crippen LogP contribution in [0, 0.1) is 0 Å². The van der Waals surface area contributed by atoms with Gasteiger partial charge in [-0.05, 0) is 38.5 Å². The number of rotatable bonds is 42. The van der Waals surface area contributed by atoms with Gasteiger partial charge < -0.3 is 23.8 Å². The van der Waals surface area contributed by atoms with Crippen LogP contribution in [-0.4, -0.2) is 80.6 Å². The van der Waals surface area contributed by atoms with Crippen LogP contribution in [-0.2, 0) is 28.6 Å². The summed E-state index contributed by atoms with van der Waals surface area (Å²) in [7, 11) is 5.53. The Balaban J connectivity index is 4.29. The van der Waals surface area contributed by atoms with Crippen LogP contribution in [0.1, 0.15) is 219 Å². The Hall–Kier alpha value is -1.93. The predicted molar refractivity (Wildman–Crippen MR) is 229 cm³/mol. The zero-order valence-corrected chi connectivity index (χ0v) is 36.9. The molecule has 0 aliphatic carbocycles. The van der Waals surface area contributed by atoms with Gasteiger partial charge in [0, 0.05) is 19.3 Å². The van der Waals surface area contributed by atoms with Gasteiger partial charge in [-0.3, -0.25) is 9.59 Å². The Bertz CT molecular complexity index is 915. The molecule has 0 radical (unpaired) electrons. The average molecular weight is 781 g/mol. The molecule has 55 heavy (non-hydrogen) atoms. The van der Waals surface area contributed by atoms with Gasteiger partial charge in [0.15, 0.2) is 12.1 Å². The molecule has 0 rings (SSSR count). The van der Waals surface area contributed by atoms with Gasteiger partial charge in [0.05, 0.1) is 34.4 Å². The number of aliphatic carboxylic acids is 1. The van der Waals surface area contributed by atoms with E-state index in [4.69, 9.17) is 14.2 Å². The number of unbranched alkanes of at least 4 members (excludes halogenated alkanes) is 26. The maximum Gasteiger partial charge on any atom is 0.362 e. The minimum absolute atomic E-state index is 0.0483. The summed E-state index contributed by atoms with van der Waals surface area (Å²) in [6.07, 6.45) is 41.1. The molecule has 2 unspecified atom stereocenters. The van der Waals surface area contributed by atoms with Crippen LogP contribution in [0.5, 0.6) is 0 Å². The molecule has 0 aromatic heterocycles. The van der Waals surface area contributed by atoms with E-state index < -0.39 is 18.1 Å². The average Bonchev–Trinajstić information content (AvgIpc) is 3.14. The van der Waals surface area contributed by atoms with Gasteiger partial charge in [0.2, 0.25) is 0 Å². The molecule has 8 nitrogen and oxygen atoms in total. The maximum absolute atomic E-state index is 12.7. The van der Waals surface area contributed by atoms with Gasteiger partial charge in [-0.15, -0.1) is 0 Å². The Morgan fingerprint density at radius 1 is 0.527 bits per heavy atom. The van der Waals surface area contributed by atoms with Crippen molar-refractivity contribution >= 4 is 17.9 Å². The number of esters is 2. The van der Waals surface area contributed by atoms with Crippen LogP contribution < -0.4 is 0 Å². The summed E-state index contributed by atoms with van der Waals surface area (Å²) in [5.74, 6) is -1.46. The number of ether oxygens (including phenoxy) is 3. The van der Waals surface area contributed by atoms with E-state index in [-0.39, 0.29) is 36.2 Å². The van der Waals surface area contributed by atoms with E-state index in [0.717, 1.165) is 51.4 Å². The Morgan fingerprint density at radius 3 is 1.31 bits per heavy atom. The second kappa shape index (κ2) is 38.9. The lowest BCUT2D eigenvalue weighted by molar-refractivity contribution is -0.887. The quantitative estimate of drug-likeness (QED) is 0.0285. The summed E-state index contributed by atoms with van der Waals surface area (Å²) in [5.41, 5.74) is 0. The number of carboxylic acids is 1. The van der Waals surface area contributed by atoms with Gasteiger partial charge in [0.1, 0.15) is 6.61 Å². The molecule has 2 atom stereocenters. The molecule has 0 spiro atoms. The van der Waals surface area contributed by atoms with Gasteiger partial charge in [0.25, 0.3) is 0 Å². The monoisotopic (exact) mass is 781 g/mol. The molecule has 0 saturated heterocycles. The smallest absolute Gasteiger partial charge is 0.362 e. The largest absolute Gasteiger partial charge is 0.477 e. The van der Waals surface area contributed by atoms with Crippen molar-refractivity contribution in [1.29, 1.82) is 0 Å². The number of allylic oxidation sites excluding steroid dienone is 2. The minimum atomic E-state index is -0.873. The molecule has 324 valence electrons. The molecule has 0 amide bonds. The number of hydrogen-bond acceptors (Lipinski definition) is 6. The Morgan fingerprint density at radius 2 is 0.909 bits per heavy atom. The van der Waals surface area contributed by atoms with Crippen LogP contribution in [0.3, 0.4) is 0 Å². The van der Waals surface area contributed by atoms with Crippen LogP contribution in [0.4, 0.5) is 0 Å². The molecule has 0 aliphatic heterocycles. The van der Waals surface area contributed by atoms with Gasteiger partial charge in [-0.2, -0.15) is 0 Å². The van der Waals surface area contributed by atoms with Crippen molar-refractivity contribution in [3.05, 3.63) is 12.2 Å².